The summed E-state index contributed by atoms with van der Waals surface area (Å²) in [6, 6.07) is 0. The molecule has 0 aromatic heterocycles. The van der Waals surface area contributed by atoms with E-state index in [2.05, 4.69) is 5.32 Å². The maximum absolute atomic E-state index is 17.3. The molecule has 0 aromatic rings. The number of Topliss-reactive ketones (excluding diaryl/α,β-unsaturated/α-hetero) is 1. The Morgan fingerprint density at radius 3 is 2.67 bits per heavy atom. The van der Waals surface area contributed by atoms with Crippen molar-refractivity contribution in [3.63, 3.8) is 0 Å². The number of halogens is 2. The molecular weight excluding hydrogens is 526 g/mol. The minimum absolute atomic E-state index is 0. The molecule has 4 aliphatic rings. The number of hydrogen-bond donors (Lipinski definition) is 3. The van der Waals surface area contributed by atoms with Crippen LogP contribution in [0.2, 0.25) is 0 Å². The van der Waals surface area contributed by atoms with E-state index >= 15 is 8.78 Å². The molecule has 4 rings (SSSR count). The first-order valence-corrected chi connectivity index (χ1v) is 13.6. The molecule has 2 saturated carbocycles. The number of carbonyl (C=O) groups excluding carboxylic acids is 3. The molecule has 3 fully saturated rings. The first kappa shape index (κ1) is 32.5. The predicted octanol–water partition coefficient (Wildman–Crippen LogP) is 2.70. The van der Waals surface area contributed by atoms with Crippen molar-refractivity contribution in [1.82, 2.24) is 5.32 Å². The van der Waals surface area contributed by atoms with Gasteiger partial charge in [-0.15, -0.1) is 0 Å². The van der Waals surface area contributed by atoms with Gasteiger partial charge in [0.2, 0.25) is 5.91 Å². The summed E-state index contributed by atoms with van der Waals surface area (Å²) in [6.45, 7) is 5.95. The van der Waals surface area contributed by atoms with Gasteiger partial charge >= 0.3 is 0 Å². The van der Waals surface area contributed by atoms with Crippen molar-refractivity contribution in [1.29, 1.82) is 0 Å². The lowest BCUT2D eigenvalue weighted by Crippen LogP contribution is -2.72. The predicted molar refractivity (Wildman–Crippen MR) is 143 cm³/mol. The molecule has 4 N–H and O–H groups in total. The van der Waals surface area contributed by atoms with Gasteiger partial charge in [0.1, 0.15) is 19.5 Å². The fraction of sp³-hybridized carbons (Fsp3) is 0.759. The maximum Gasteiger partial charge on any atom is 0.235 e. The number of ketones is 2. The summed E-state index contributed by atoms with van der Waals surface area (Å²) in [5.41, 5.74) is -1.27. The topological polar surface area (TPSA) is 137 Å². The fourth-order valence-electron chi connectivity index (χ4n) is 7.35. The molecule has 0 bridgehead atoms. The molecule has 1 heterocycles. The quantitative estimate of drug-likeness (QED) is 0.284. The van der Waals surface area contributed by atoms with Crippen molar-refractivity contribution in [2.75, 3.05) is 26.5 Å². The lowest BCUT2D eigenvalue weighted by atomic mass is 9.43. The van der Waals surface area contributed by atoms with Crippen molar-refractivity contribution in [2.45, 2.75) is 90.6 Å². The Hall–Kier alpha value is -2.05. The van der Waals surface area contributed by atoms with E-state index in [1.165, 1.54) is 19.1 Å². The highest BCUT2D eigenvalue weighted by atomic mass is 19.1. The van der Waals surface area contributed by atoms with Crippen LogP contribution in [0.5, 0.6) is 0 Å². The summed E-state index contributed by atoms with van der Waals surface area (Å²) in [7, 11) is 0. The average Bonchev–Trinajstić information content (AvgIpc) is 3.34. The molecular formula is C29H44F2N2O7. The van der Waals surface area contributed by atoms with Crippen molar-refractivity contribution < 1.29 is 42.5 Å². The Labute approximate surface area is 234 Å². The lowest BCUT2D eigenvalue weighted by molar-refractivity contribution is -0.242. The van der Waals surface area contributed by atoms with Gasteiger partial charge in [-0.1, -0.05) is 40.7 Å². The second kappa shape index (κ2) is 11.7. The van der Waals surface area contributed by atoms with Crippen molar-refractivity contribution in [3.8, 4) is 0 Å². The van der Waals surface area contributed by atoms with Gasteiger partial charge in [0.25, 0.3) is 0 Å². The van der Waals surface area contributed by atoms with Gasteiger partial charge < -0.3 is 30.4 Å². The number of allylic oxidation sites excluding steroid dienone is 4. The number of amides is 1. The van der Waals surface area contributed by atoms with E-state index in [0.717, 1.165) is 12.5 Å². The average molecular weight is 571 g/mol. The van der Waals surface area contributed by atoms with Crippen LogP contribution in [0.4, 0.5) is 8.78 Å². The van der Waals surface area contributed by atoms with Gasteiger partial charge in [0.15, 0.2) is 29.1 Å². The van der Waals surface area contributed by atoms with Gasteiger partial charge in [-0.25, -0.2) is 8.78 Å². The Morgan fingerprint density at radius 2 is 2.02 bits per heavy atom. The number of fused-ring (bicyclic) bond motifs is 3. The van der Waals surface area contributed by atoms with Crippen LogP contribution in [0.15, 0.2) is 23.8 Å². The van der Waals surface area contributed by atoms with E-state index in [-0.39, 0.29) is 45.7 Å². The molecule has 40 heavy (non-hydrogen) atoms. The molecule has 1 aliphatic heterocycles. The first-order chi connectivity index (χ1) is 18.3. The van der Waals surface area contributed by atoms with E-state index in [9.17, 15) is 19.5 Å². The van der Waals surface area contributed by atoms with E-state index in [1.807, 2.05) is 6.92 Å². The van der Waals surface area contributed by atoms with Crippen molar-refractivity contribution in [2.24, 2.45) is 28.4 Å². The summed E-state index contributed by atoms with van der Waals surface area (Å²) in [5, 5.41) is 14.0. The molecule has 0 aromatic carbocycles. The highest BCUT2D eigenvalue weighted by Gasteiger charge is 2.74. The largest absolute Gasteiger partial charge is 0.390 e. The van der Waals surface area contributed by atoms with Crippen LogP contribution in [0, 0.1) is 22.7 Å². The van der Waals surface area contributed by atoms with Crippen LogP contribution in [-0.2, 0) is 28.6 Å². The van der Waals surface area contributed by atoms with Crippen LogP contribution in [0.3, 0.4) is 0 Å². The molecule has 9 nitrogen and oxygen atoms in total. The third-order valence-corrected chi connectivity index (χ3v) is 9.82. The first-order valence-electron chi connectivity index (χ1n) is 13.6. The summed E-state index contributed by atoms with van der Waals surface area (Å²) in [4.78, 5) is 37.3. The van der Waals surface area contributed by atoms with Gasteiger partial charge in [-0.2, -0.15) is 0 Å². The Kier molecular flexibility index (Phi) is 9.48. The SMILES string of the molecule is C.CCCC1OCC(C(=O)COCNC(=O)CN)([C@@]2(C)C[C@H](O)[C@@]3(F)[C@@H](C[C@H](F)C4=CC(=O)C=CC43C)C2C)O1. The molecule has 4 unspecified atom stereocenters. The highest BCUT2D eigenvalue weighted by molar-refractivity contribution is 6.01. The number of carbonyl (C=O) groups is 3. The zero-order chi connectivity index (χ0) is 28.8. The fourth-order valence-corrected chi connectivity index (χ4v) is 7.35. The zero-order valence-corrected chi connectivity index (χ0v) is 23.0. The van der Waals surface area contributed by atoms with Gasteiger partial charge in [0.05, 0.1) is 19.3 Å². The summed E-state index contributed by atoms with van der Waals surface area (Å²) >= 11 is 0. The molecule has 11 heteroatoms. The molecule has 0 radical (unpaired) electrons. The van der Waals surface area contributed by atoms with E-state index in [0.29, 0.717) is 6.42 Å². The van der Waals surface area contributed by atoms with Crippen LogP contribution in [0.25, 0.3) is 0 Å². The third kappa shape index (κ3) is 4.77. The van der Waals surface area contributed by atoms with Crippen molar-refractivity contribution in [3.05, 3.63) is 23.8 Å². The van der Waals surface area contributed by atoms with Gasteiger partial charge in [-0.3, -0.25) is 14.4 Å². The number of nitrogens with one attached hydrogen (secondary N) is 1. The number of aliphatic hydroxyl groups is 1. The van der Waals surface area contributed by atoms with Crippen LogP contribution < -0.4 is 11.1 Å². The lowest BCUT2D eigenvalue weighted by Gasteiger charge is -2.64. The van der Waals surface area contributed by atoms with Crippen LogP contribution >= 0.6 is 0 Å². The number of alkyl halides is 2. The highest BCUT2D eigenvalue weighted by Crippen LogP contribution is 2.67. The monoisotopic (exact) mass is 570 g/mol. The molecule has 9 atom stereocenters. The number of rotatable bonds is 9. The summed E-state index contributed by atoms with van der Waals surface area (Å²) < 4.78 is 50.6. The second-order valence-corrected chi connectivity index (χ2v) is 11.7. The van der Waals surface area contributed by atoms with E-state index in [4.69, 9.17) is 19.9 Å². The zero-order valence-electron chi connectivity index (χ0n) is 23.0. The summed E-state index contributed by atoms with van der Waals surface area (Å²) in [6.07, 6.45) is 0.692. The van der Waals surface area contributed by atoms with Gasteiger partial charge in [-0.05, 0) is 49.8 Å². The Morgan fingerprint density at radius 1 is 1.32 bits per heavy atom. The second-order valence-electron chi connectivity index (χ2n) is 11.7. The number of ether oxygens (including phenoxy) is 3. The summed E-state index contributed by atoms with van der Waals surface area (Å²) in [5.74, 6) is -2.98. The van der Waals surface area contributed by atoms with Crippen LogP contribution in [-0.4, -0.2) is 78.9 Å². The molecule has 1 amide bonds. The van der Waals surface area contributed by atoms with Crippen molar-refractivity contribution >= 4 is 17.5 Å². The van der Waals surface area contributed by atoms with E-state index < -0.39 is 76.6 Å². The standard InChI is InChI=1S/C28H40F2N2O7.CH4/c1-5-6-24-38-14-27(39-24,22(35)13-37-15-32-23(36)12-31)26(4)11-21(34)28(30)18(16(26)2)10-20(29)19-9-17(33)7-8-25(19,28)3;/h7-9,16,18,20-21,24,34H,5-6,10-15,31H2,1-4H3,(H,32,36);1H4/t16?,18-,20-,21-,24?,25?,26-,27?,28-;/m0./s1. The number of aliphatic hydroxyl groups excluding tert-OH is 1. The number of hydrogen-bond acceptors (Lipinski definition) is 8. The normalized spacial score (nSPS) is 42.4. The molecule has 3 aliphatic carbocycles. The van der Waals surface area contributed by atoms with Crippen LogP contribution in [0.1, 0.15) is 60.8 Å². The molecule has 0 spiro atoms. The minimum atomic E-state index is -2.28. The smallest absolute Gasteiger partial charge is 0.235 e. The maximum atomic E-state index is 17.3. The van der Waals surface area contributed by atoms with Gasteiger partial charge in [0, 0.05) is 16.7 Å². The Balaban J connectivity index is 0.00000441. The molecule has 226 valence electrons. The Bertz CT molecular complexity index is 1070. The number of nitrogens with two attached hydrogens (primary N) is 1. The minimum Gasteiger partial charge on any atom is -0.390 e. The van der Waals surface area contributed by atoms with E-state index in [1.54, 1.807) is 13.8 Å². The molecule has 1 saturated heterocycles. The third-order valence-electron chi connectivity index (χ3n) is 9.82.